The highest BCUT2D eigenvalue weighted by molar-refractivity contribution is 8.76. The lowest BCUT2D eigenvalue weighted by Gasteiger charge is -2.16. The van der Waals surface area contributed by atoms with Crippen LogP contribution in [0.15, 0.2) is 29.4 Å². The van der Waals surface area contributed by atoms with Gasteiger partial charge in [0, 0.05) is 48.8 Å². The Kier molecular flexibility index (Phi) is 13.2. The average molecular weight is 539 g/mol. The average Bonchev–Trinajstić information content (AvgIpc) is 3.41. The quantitative estimate of drug-likeness (QED) is 0.138. The normalized spacial score (nSPS) is 20.8. The molecule has 2 aliphatic heterocycles. The maximum atomic E-state index is 12.1. The molecule has 0 radical (unpaired) electrons. The predicted molar refractivity (Wildman–Crippen MR) is 147 cm³/mol. The molecule has 1 aromatic heterocycles. The number of nitrogens with one attached hydrogen (secondary N) is 3. The van der Waals surface area contributed by atoms with E-state index in [9.17, 15) is 14.4 Å². The number of urea groups is 1. The van der Waals surface area contributed by atoms with Crippen molar-refractivity contribution in [2.45, 2.75) is 93.0 Å². The molecule has 10 heteroatoms. The number of hydrogen-bond acceptors (Lipinski definition) is 7. The molecular weight excluding hydrogens is 501 g/mol. The Hall–Kier alpha value is -1.39. The van der Waals surface area contributed by atoms with Crippen LogP contribution >= 0.6 is 33.3 Å². The topological polar surface area (TPSA) is 100 Å². The van der Waals surface area contributed by atoms with Gasteiger partial charge in [0.2, 0.25) is 5.91 Å². The van der Waals surface area contributed by atoms with Crippen LogP contribution in [0, 0.1) is 0 Å². The van der Waals surface area contributed by atoms with Gasteiger partial charge in [-0.3, -0.25) is 9.59 Å². The molecule has 194 valence electrons. The van der Waals surface area contributed by atoms with Crippen LogP contribution in [-0.2, 0) is 9.59 Å². The summed E-state index contributed by atoms with van der Waals surface area (Å²) in [6, 6.07) is 6.33. The minimum Gasteiger partial charge on any atom is -0.356 e. The molecule has 3 unspecified atom stereocenters. The third-order valence-electron chi connectivity index (χ3n) is 6.28. The molecule has 3 N–H and O–H groups in total. The summed E-state index contributed by atoms with van der Waals surface area (Å²) in [5.41, 5.74) is 0. The van der Waals surface area contributed by atoms with Gasteiger partial charge < -0.3 is 16.0 Å². The number of Topliss-reactive ketones (excluding diaryl/α,β-unsaturated/α-hetero) is 1. The number of ketones is 1. The maximum Gasteiger partial charge on any atom is 0.315 e. The highest BCUT2D eigenvalue weighted by Gasteiger charge is 2.42. The Labute approximate surface area is 221 Å². The van der Waals surface area contributed by atoms with Crippen LogP contribution in [0.4, 0.5) is 4.79 Å². The van der Waals surface area contributed by atoms with Crippen LogP contribution in [0.2, 0.25) is 0 Å². The number of carbonyl (C=O) groups excluding carboxylic acids is 3. The second kappa shape index (κ2) is 16.4. The van der Waals surface area contributed by atoms with Gasteiger partial charge >= 0.3 is 6.03 Å². The third kappa shape index (κ3) is 11.0. The van der Waals surface area contributed by atoms with E-state index in [1.165, 1.54) is 0 Å². The monoisotopic (exact) mass is 538 g/mol. The molecule has 35 heavy (non-hydrogen) atoms. The molecule has 3 heterocycles. The molecule has 0 bridgehead atoms. The molecule has 3 atom stereocenters. The number of amides is 3. The van der Waals surface area contributed by atoms with E-state index in [1.54, 1.807) is 27.8 Å². The molecule has 1 aromatic rings. The zero-order chi connectivity index (χ0) is 24.7. The number of rotatable bonds is 18. The van der Waals surface area contributed by atoms with Crippen molar-refractivity contribution in [2.75, 3.05) is 18.1 Å². The first-order valence-corrected chi connectivity index (χ1v) is 16.2. The molecule has 0 saturated carbocycles. The lowest BCUT2D eigenvalue weighted by molar-refractivity contribution is -0.121. The van der Waals surface area contributed by atoms with Gasteiger partial charge in [0.05, 0.1) is 12.1 Å². The number of nitrogens with zero attached hydrogens (tertiary/aromatic N) is 1. The van der Waals surface area contributed by atoms with Crippen LogP contribution in [0.3, 0.4) is 0 Å². The molecule has 3 amide bonds. The fraction of sp³-hybridized carbons (Fsp3) is 0.680. The molecule has 2 fully saturated rings. The summed E-state index contributed by atoms with van der Waals surface area (Å²) in [6.07, 6.45) is 12.0. The maximum absolute atomic E-state index is 12.1. The highest BCUT2D eigenvalue weighted by Crippen LogP contribution is 2.33. The molecule has 0 aromatic carbocycles. The Morgan fingerprint density at radius 2 is 1.83 bits per heavy atom. The second-order valence-electron chi connectivity index (χ2n) is 9.10. The van der Waals surface area contributed by atoms with Gasteiger partial charge in [0.1, 0.15) is 10.8 Å². The number of fused-ring (bicyclic) bond motifs is 1. The molecular formula is C25H38N4O3S3. The number of hydrogen-bond donors (Lipinski definition) is 3. The largest absolute Gasteiger partial charge is 0.356 e. The SMILES string of the molecule is O=C(CCCCCCCNC(=O)CCSSc1ccccn1)CCCCC1SCC2NC(=O)NC21. The van der Waals surface area contributed by atoms with Crippen LogP contribution < -0.4 is 16.0 Å². The van der Waals surface area contributed by atoms with Crippen molar-refractivity contribution in [3.63, 3.8) is 0 Å². The van der Waals surface area contributed by atoms with Crippen molar-refractivity contribution in [2.24, 2.45) is 0 Å². The van der Waals surface area contributed by atoms with E-state index < -0.39 is 0 Å². The van der Waals surface area contributed by atoms with Crippen molar-refractivity contribution in [1.82, 2.24) is 20.9 Å². The van der Waals surface area contributed by atoms with E-state index in [-0.39, 0.29) is 24.0 Å². The van der Waals surface area contributed by atoms with Crippen molar-refractivity contribution < 1.29 is 14.4 Å². The fourth-order valence-electron chi connectivity index (χ4n) is 4.36. The molecule has 3 rings (SSSR count). The van der Waals surface area contributed by atoms with E-state index >= 15 is 0 Å². The molecule has 2 aliphatic rings. The number of aromatic nitrogens is 1. The predicted octanol–water partition coefficient (Wildman–Crippen LogP) is 4.96. The van der Waals surface area contributed by atoms with Crippen LogP contribution in [0.25, 0.3) is 0 Å². The lowest BCUT2D eigenvalue weighted by Crippen LogP contribution is -2.36. The first-order chi connectivity index (χ1) is 17.1. The summed E-state index contributed by atoms with van der Waals surface area (Å²) < 4.78 is 0. The van der Waals surface area contributed by atoms with Gasteiger partial charge in [-0.1, -0.05) is 42.5 Å². The smallest absolute Gasteiger partial charge is 0.315 e. The van der Waals surface area contributed by atoms with Gasteiger partial charge in [0.25, 0.3) is 0 Å². The Bertz CT molecular complexity index is 799. The van der Waals surface area contributed by atoms with Crippen LogP contribution in [-0.4, -0.2) is 58.1 Å². The third-order valence-corrected chi connectivity index (χ3v) is 10.1. The van der Waals surface area contributed by atoms with Crippen LogP contribution in [0.5, 0.6) is 0 Å². The van der Waals surface area contributed by atoms with Crippen molar-refractivity contribution in [3.05, 3.63) is 24.4 Å². The molecule has 7 nitrogen and oxygen atoms in total. The minimum absolute atomic E-state index is 0.0352. The summed E-state index contributed by atoms with van der Waals surface area (Å²) in [6.45, 7) is 0.733. The summed E-state index contributed by atoms with van der Waals surface area (Å²) >= 11 is 1.94. The minimum atomic E-state index is -0.0352. The Morgan fingerprint density at radius 3 is 2.66 bits per heavy atom. The van der Waals surface area contributed by atoms with E-state index in [0.29, 0.717) is 30.3 Å². The number of carbonyl (C=O) groups is 3. The van der Waals surface area contributed by atoms with Crippen molar-refractivity contribution >= 4 is 51.1 Å². The summed E-state index contributed by atoms with van der Waals surface area (Å²) in [5, 5.41) is 10.4. The molecule has 0 aliphatic carbocycles. The van der Waals surface area contributed by atoms with Crippen molar-refractivity contribution in [3.8, 4) is 0 Å². The highest BCUT2D eigenvalue weighted by atomic mass is 33.1. The van der Waals surface area contributed by atoms with Crippen molar-refractivity contribution in [1.29, 1.82) is 0 Å². The second-order valence-corrected chi connectivity index (χ2v) is 12.8. The van der Waals surface area contributed by atoms with Gasteiger partial charge in [-0.05, 0) is 48.6 Å². The van der Waals surface area contributed by atoms with Gasteiger partial charge in [0.15, 0.2) is 0 Å². The van der Waals surface area contributed by atoms with E-state index in [0.717, 1.165) is 74.4 Å². The molecule has 2 saturated heterocycles. The van der Waals surface area contributed by atoms with Gasteiger partial charge in [-0.25, -0.2) is 9.78 Å². The van der Waals surface area contributed by atoms with E-state index in [2.05, 4.69) is 20.9 Å². The fourth-order valence-corrected chi connectivity index (χ4v) is 7.77. The molecule has 0 spiro atoms. The zero-order valence-corrected chi connectivity index (χ0v) is 22.8. The number of thioether (sulfide) groups is 1. The number of unbranched alkanes of at least 4 members (excludes halogenated alkanes) is 5. The number of pyridine rings is 1. The van der Waals surface area contributed by atoms with E-state index in [4.69, 9.17) is 0 Å². The first-order valence-electron chi connectivity index (χ1n) is 12.8. The first kappa shape index (κ1) is 28.2. The van der Waals surface area contributed by atoms with E-state index in [1.807, 2.05) is 30.0 Å². The summed E-state index contributed by atoms with van der Waals surface area (Å²) in [5.74, 6) is 2.26. The lowest BCUT2D eigenvalue weighted by atomic mass is 10.0. The van der Waals surface area contributed by atoms with Gasteiger partial charge in [-0.2, -0.15) is 11.8 Å². The Morgan fingerprint density at radius 1 is 1.03 bits per heavy atom. The summed E-state index contributed by atoms with van der Waals surface area (Å²) in [7, 11) is 3.26. The zero-order valence-electron chi connectivity index (χ0n) is 20.3. The standard InChI is InChI=1S/C25H38N4O3S3/c30-19(11-5-6-12-21-24-20(18-33-21)28-25(32)29-24)10-4-2-1-3-8-15-26-22(31)14-17-34-35-23-13-7-9-16-27-23/h7,9,13,16,20-21,24H,1-6,8,10-12,14-15,17-18H2,(H,26,31)(H2,28,29,32). The van der Waals surface area contributed by atoms with Crippen LogP contribution in [0.1, 0.15) is 70.6 Å². The van der Waals surface area contributed by atoms with Gasteiger partial charge in [-0.15, -0.1) is 0 Å². The summed E-state index contributed by atoms with van der Waals surface area (Å²) in [4.78, 5) is 39.7. The Balaban J connectivity index is 1.06.